The first-order valence-corrected chi connectivity index (χ1v) is 10.5. The van der Waals surface area contributed by atoms with Gasteiger partial charge in [-0.15, -0.1) is 13.2 Å². The molecule has 7 nitrogen and oxygen atoms in total. The van der Waals surface area contributed by atoms with Crippen LogP contribution in [0.2, 0.25) is 0 Å². The second-order valence-corrected chi connectivity index (χ2v) is 8.32. The van der Waals surface area contributed by atoms with Crippen molar-refractivity contribution in [2.45, 2.75) is 31.0 Å². The second-order valence-electron chi connectivity index (χ2n) is 8.32. The Kier molecular flexibility index (Phi) is 5.12. The number of hydrogen-bond acceptors (Lipinski definition) is 6. The lowest BCUT2D eigenvalue weighted by Crippen LogP contribution is -2.32. The van der Waals surface area contributed by atoms with Crippen molar-refractivity contribution in [3.8, 4) is 28.6 Å². The van der Waals surface area contributed by atoms with Crippen LogP contribution >= 0.6 is 0 Å². The lowest BCUT2D eigenvalue weighted by molar-refractivity contribution is -0.274. The number of benzene rings is 2. The lowest BCUT2D eigenvalue weighted by Gasteiger charge is -2.24. The van der Waals surface area contributed by atoms with Crippen molar-refractivity contribution in [2.75, 3.05) is 19.7 Å². The van der Waals surface area contributed by atoms with Gasteiger partial charge in [0.2, 0.25) is 11.7 Å². The highest BCUT2D eigenvalue weighted by molar-refractivity contribution is 5.82. The number of likely N-dealkylation sites (tertiary alicyclic amines) is 1. The molecule has 33 heavy (non-hydrogen) atoms. The summed E-state index contributed by atoms with van der Waals surface area (Å²) in [4.78, 5) is 18.6. The van der Waals surface area contributed by atoms with Gasteiger partial charge in [0.05, 0.1) is 6.61 Å². The molecule has 1 N–H and O–H groups in total. The number of aliphatic hydroxyl groups excluding tert-OH is 1. The van der Waals surface area contributed by atoms with E-state index in [0.717, 1.165) is 29.5 Å². The summed E-state index contributed by atoms with van der Waals surface area (Å²) < 4.78 is 46.3. The zero-order valence-electron chi connectivity index (χ0n) is 17.4. The van der Waals surface area contributed by atoms with Crippen LogP contribution in [-0.2, 0) is 16.6 Å². The number of halogens is 3. The van der Waals surface area contributed by atoms with E-state index in [2.05, 4.69) is 14.9 Å². The van der Waals surface area contributed by atoms with Crippen molar-refractivity contribution in [3.63, 3.8) is 0 Å². The summed E-state index contributed by atoms with van der Waals surface area (Å²) in [5.41, 5.74) is 3.15. The molecule has 1 aromatic heterocycles. The van der Waals surface area contributed by atoms with E-state index in [1.54, 1.807) is 4.90 Å². The SMILES string of the molecule is O=C1CC2(CCc3c(-c4noc(-c5ccc(OC(F)(F)F)cc5)n4)cccc32)CN1CCO. The van der Waals surface area contributed by atoms with E-state index >= 15 is 0 Å². The van der Waals surface area contributed by atoms with Crippen LogP contribution < -0.4 is 4.74 Å². The van der Waals surface area contributed by atoms with E-state index in [-0.39, 0.29) is 29.6 Å². The molecule has 1 aliphatic heterocycles. The van der Waals surface area contributed by atoms with Crippen LogP contribution in [0, 0.1) is 0 Å². The van der Waals surface area contributed by atoms with Crippen molar-refractivity contribution < 1.29 is 32.3 Å². The normalized spacial score (nSPS) is 20.0. The molecule has 1 saturated heterocycles. The Bertz CT molecular complexity index is 1190. The number of fused-ring (bicyclic) bond motifs is 2. The van der Waals surface area contributed by atoms with Crippen molar-refractivity contribution in [3.05, 3.63) is 53.6 Å². The Morgan fingerprint density at radius 3 is 2.70 bits per heavy atom. The van der Waals surface area contributed by atoms with Crippen LogP contribution in [0.15, 0.2) is 47.0 Å². The molecular formula is C23H20F3N3O4. The van der Waals surface area contributed by atoms with E-state index in [1.165, 1.54) is 24.3 Å². The number of nitrogens with zero attached hydrogens (tertiary/aromatic N) is 3. The van der Waals surface area contributed by atoms with Gasteiger partial charge < -0.3 is 19.3 Å². The summed E-state index contributed by atoms with van der Waals surface area (Å²) in [5, 5.41) is 13.3. The largest absolute Gasteiger partial charge is 0.573 e. The standard InChI is InChI=1S/C23H20F3N3O4/c24-23(25,26)32-15-6-4-14(5-7-15)21-27-20(28-33-21)17-2-1-3-18-16(17)8-9-22(18)12-19(31)29(13-22)10-11-30/h1-7,30H,8-13H2. The number of carbonyl (C=O) groups excluding carboxylic acids is 1. The molecule has 1 aliphatic carbocycles. The van der Waals surface area contributed by atoms with Gasteiger partial charge >= 0.3 is 6.36 Å². The summed E-state index contributed by atoms with van der Waals surface area (Å²) in [6.45, 7) is 0.840. The zero-order valence-corrected chi connectivity index (χ0v) is 17.4. The van der Waals surface area contributed by atoms with E-state index < -0.39 is 6.36 Å². The maximum Gasteiger partial charge on any atom is 0.573 e. The molecule has 1 spiro atoms. The molecule has 1 fully saturated rings. The van der Waals surface area contributed by atoms with Gasteiger partial charge in [-0.2, -0.15) is 4.98 Å². The van der Waals surface area contributed by atoms with E-state index in [9.17, 15) is 23.1 Å². The molecule has 5 rings (SSSR count). The average molecular weight is 459 g/mol. The molecule has 2 heterocycles. The number of rotatable bonds is 5. The smallest absolute Gasteiger partial charge is 0.406 e. The first-order chi connectivity index (χ1) is 15.8. The third-order valence-electron chi connectivity index (χ3n) is 6.31. The van der Waals surface area contributed by atoms with Gasteiger partial charge in [0.1, 0.15) is 5.75 Å². The van der Waals surface area contributed by atoms with Crippen molar-refractivity contribution in [1.82, 2.24) is 15.0 Å². The number of aromatic nitrogens is 2. The van der Waals surface area contributed by atoms with Gasteiger partial charge in [0.25, 0.3) is 5.89 Å². The monoisotopic (exact) mass is 459 g/mol. The van der Waals surface area contributed by atoms with Crippen molar-refractivity contribution >= 4 is 5.91 Å². The van der Waals surface area contributed by atoms with Gasteiger partial charge in [0.15, 0.2) is 0 Å². The molecule has 2 aromatic carbocycles. The van der Waals surface area contributed by atoms with Crippen LogP contribution in [0.3, 0.4) is 0 Å². The van der Waals surface area contributed by atoms with Gasteiger partial charge in [-0.25, -0.2) is 0 Å². The maximum atomic E-state index is 12.5. The summed E-state index contributed by atoms with van der Waals surface area (Å²) >= 11 is 0. The molecule has 1 amide bonds. The highest BCUT2D eigenvalue weighted by Gasteiger charge is 2.48. The average Bonchev–Trinajstić information content (AvgIpc) is 3.47. The van der Waals surface area contributed by atoms with Gasteiger partial charge in [-0.05, 0) is 48.2 Å². The Morgan fingerprint density at radius 1 is 1.18 bits per heavy atom. The predicted octanol–water partition coefficient (Wildman–Crippen LogP) is 3.71. The first kappa shape index (κ1) is 21.4. The van der Waals surface area contributed by atoms with Crippen LogP contribution in [0.4, 0.5) is 13.2 Å². The Labute approximate surface area is 186 Å². The predicted molar refractivity (Wildman–Crippen MR) is 110 cm³/mol. The molecule has 0 saturated carbocycles. The van der Waals surface area contributed by atoms with Crippen LogP contribution in [0.1, 0.15) is 24.0 Å². The molecule has 10 heteroatoms. The number of aliphatic hydroxyl groups is 1. The molecule has 2 aliphatic rings. The minimum Gasteiger partial charge on any atom is -0.406 e. The lowest BCUT2D eigenvalue weighted by atomic mass is 9.80. The number of β-amino-alcohol motifs (C(OH)–C–C–N with tert-alkyl or cyclic N) is 1. The van der Waals surface area contributed by atoms with Crippen molar-refractivity contribution in [1.29, 1.82) is 0 Å². The molecule has 1 atom stereocenters. The topological polar surface area (TPSA) is 88.7 Å². The minimum atomic E-state index is -4.76. The number of ether oxygens (including phenoxy) is 1. The first-order valence-electron chi connectivity index (χ1n) is 10.5. The summed E-state index contributed by atoms with van der Waals surface area (Å²) in [6, 6.07) is 11.0. The molecular weight excluding hydrogens is 439 g/mol. The minimum absolute atomic E-state index is 0.0436. The maximum absolute atomic E-state index is 12.5. The fourth-order valence-electron chi connectivity index (χ4n) is 4.89. The van der Waals surface area contributed by atoms with Crippen molar-refractivity contribution in [2.24, 2.45) is 0 Å². The van der Waals surface area contributed by atoms with E-state index in [0.29, 0.717) is 30.9 Å². The highest BCUT2D eigenvalue weighted by Crippen LogP contribution is 2.48. The Morgan fingerprint density at radius 2 is 1.97 bits per heavy atom. The zero-order chi connectivity index (χ0) is 23.2. The number of hydrogen-bond donors (Lipinski definition) is 1. The van der Waals surface area contributed by atoms with Crippen LogP contribution in [0.25, 0.3) is 22.8 Å². The summed E-state index contributed by atoms with van der Waals surface area (Å²) in [6.07, 6.45) is -2.77. The summed E-state index contributed by atoms with van der Waals surface area (Å²) in [7, 11) is 0. The number of carbonyl (C=O) groups is 1. The summed E-state index contributed by atoms with van der Waals surface area (Å²) in [5.74, 6) is 0.269. The Hall–Kier alpha value is -3.40. The fraction of sp³-hybridized carbons (Fsp3) is 0.348. The molecule has 0 radical (unpaired) electrons. The third kappa shape index (κ3) is 3.95. The van der Waals surface area contributed by atoms with Gasteiger partial charge in [-0.3, -0.25) is 4.79 Å². The second kappa shape index (κ2) is 7.87. The number of alkyl halides is 3. The van der Waals surface area contributed by atoms with E-state index in [4.69, 9.17) is 4.52 Å². The number of amides is 1. The molecule has 172 valence electrons. The quantitative estimate of drug-likeness (QED) is 0.626. The highest BCUT2D eigenvalue weighted by atomic mass is 19.4. The third-order valence-corrected chi connectivity index (χ3v) is 6.31. The Balaban J connectivity index is 1.42. The molecule has 0 bridgehead atoms. The van der Waals surface area contributed by atoms with Gasteiger partial charge in [0, 0.05) is 36.1 Å². The van der Waals surface area contributed by atoms with E-state index in [1.807, 2.05) is 18.2 Å². The molecule has 3 aromatic rings. The van der Waals surface area contributed by atoms with Crippen LogP contribution in [0.5, 0.6) is 5.75 Å². The van der Waals surface area contributed by atoms with Crippen LogP contribution in [-0.4, -0.2) is 52.1 Å². The molecule has 1 unspecified atom stereocenters. The fourth-order valence-corrected chi connectivity index (χ4v) is 4.89. The van der Waals surface area contributed by atoms with Gasteiger partial charge in [-0.1, -0.05) is 23.4 Å².